The lowest BCUT2D eigenvalue weighted by Gasteiger charge is -2.24. The summed E-state index contributed by atoms with van der Waals surface area (Å²) in [6, 6.07) is 0. The molecule has 7 heteroatoms. The largest absolute Gasteiger partial charge is 0.307 e. The van der Waals surface area contributed by atoms with E-state index in [2.05, 4.69) is 10.4 Å². The molecule has 0 aliphatic rings. The number of nitrogens with one attached hydrogen (secondary N) is 1. The number of carbonyl (C=O) groups is 2. The minimum Gasteiger partial charge on any atom is -0.307 e. The van der Waals surface area contributed by atoms with Crippen molar-refractivity contribution in [2.75, 3.05) is 0 Å². The molecular weight excluding hydrogens is 162 g/mol. The second-order valence-electron chi connectivity index (χ2n) is 2.54. The zero-order valence-corrected chi connectivity index (χ0v) is 6.89. The average Bonchev–Trinajstić information content (AvgIpc) is 1.95. The molecule has 7 nitrogen and oxygen atoms in total. The van der Waals surface area contributed by atoms with E-state index in [4.69, 9.17) is 5.73 Å². The van der Waals surface area contributed by atoms with Crippen molar-refractivity contribution in [1.82, 2.24) is 10.4 Å². The van der Waals surface area contributed by atoms with Crippen molar-refractivity contribution in [3.05, 3.63) is 0 Å². The van der Waals surface area contributed by atoms with E-state index in [9.17, 15) is 9.59 Å². The molecule has 12 heavy (non-hydrogen) atoms. The van der Waals surface area contributed by atoms with E-state index in [-0.39, 0.29) is 0 Å². The van der Waals surface area contributed by atoms with Gasteiger partial charge in [-0.25, -0.2) is 5.43 Å². The lowest BCUT2D eigenvalue weighted by atomic mass is 10.3. The molecule has 68 valence electrons. The maximum Gasteiger partial charge on any atom is 0.233 e. The summed E-state index contributed by atoms with van der Waals surface area (Å²) in [6.45, 7) is 3.14. The SMILES string of the molecule is CC(C)(N)N(C=O)N=NNC=O. The molecule has 0 saturated heterocycles. The van der Waals surface area contributed by atoms with Crippen LogP contribution in [0.15, 0.2) is 10.4 Å². The van der Waals surface area contributed by atoms with Gasteiger partial charge in [0.2, 0.25) is 12.8 Å². The van der Waals surface area contributed by atoms with Crippen LogP contribution >= 0.6 is 0 Å². The molecule has 0 atom stereocenters. The summed E-state index contributed by atoms with van der Waals surface area (Å²) in [4.78, 5) is 20.0. The number of carbonyl (C=O) groups excluding carboxylic acids is 2. The Morgan fingerprint density at radius 1 is 1.50 bits per heavy atom. The number of hydrogen-bond acceptors (Lipinski definition) is 5. The first-order valence-electron chi connectivity index (χ1n) is 3.15. The quantitative estimate of drug-likeness (QED) is 0.245. The van der Waals surface area contributed by atoms with Gasteiger partial charge >= 0.3 is 0 Å². The maximum absolute atomic E-state index is 10.3. The summed E-state index contributed by atoms with van der Waals surface area (Å²) >= 11 is 0. The highest BCUT2D eigenvalue weighted by atomic mass is 16.2. The minimum absolute atomic E-state index is 0.329. The summed E-state index contributed by atoms with van der Waals surface area (Å²) in [5.41, 5.74) is 6.47. The van der Waals surface area contributed by atoms with Gasteiger partial charge < -0.3 is 5.73 Å². The number of hydrogen-bond donors (Lipinski definition) is 2. The van der Waals surface area contributed by atoms with Crippen molar-refractivity contribution in [3.63, 3.8) is 0 Å². The number of amides is 2. The van der Waals surface area contributed by atoms with Crippen LogP contribution in [0.5, 0.6) is 0 Å². The second-order valence-corrected chi connectivity index (χ2v) is 2.54. The second kappa shape index (κ2) is 4.39. The van der Waals surface area contributed by atoms with Crippen LogP contribution in [-0.4, -0.2) is 23.5 Å². The van der Waals surface area contributed by atoms with Crippen molar-refractivity contribution in [1.29, 1.82) is 0 Å². The molecular formula is C5H11N5O2. The Hall–Kier alpha value is -1.50. The molecule has 0 aliphatic heterocycles. The van der Waals surface area contributed by atoms with Crippen LogP contribution in [0, 0.1) is 0 Å². The van der Waals surface area contributed by atoms with E-state index in [1.807, 2.05) is 5.43 Å². The van der Waals surface area contributed by atoms with Crippen LogP contribution in [0.1, 0.15) is 13.8 Å². The first-order chi connectivity index (χ1) is 5.52. The Morgan fingerprint density at radius 3 is 2.42 bits per heavy atom. The molecule has 0 fully saturated rings. The fourth-order valence-corrected chi connectivity index (χ4v) is 0.370. The van der Waals surface area contributed by atoms with Crippen molar-refractivity contribution >= 4 is 12.8 Å². The zero-order valence-electron chi connectivity index (χ0n) is 6.89. The molecule has 0 spiro atoms. The molecule has 0 bridgehead atoms. The van der Waals surface area contributed by atoms with E-state index >= 15 is 0 Å². The van der Waals surface area contributed by atoms with Gasteiger partial charge in [-0.1, -0.05) is 0 Å². The van der Waals surface area contributed by atoms with Crippen molar-refractivity contribution in [3.8, 4) is 0 Å². The van der Waals surface area contributed by atoms with E-state index in [1.54, 1.807) is 13.8 Å². The fraction of sp³-hybridized carbons (Fsp3) is 0.600. The molecule has 0 aliphatic carbocycles. The molecule has 0 saturated carbocycles. The van der Waals surface area contributed by atoms with E-state index in [0.29, 0.717) is 12.8 Å². The topological polar surface area (TPSA) is 100 Å². The molecule has 0 rings (SSSR count). The van der Waals surface area contributed by atoms with Gasteiger partial charge in [0, 0.05) is 0 Å². The van der Waals surface area contributed by atoms with Crippen LogP contribution in [0.2, 0.25) is 0 Å². The maximum atomic E-state index is 10.3. The van der Waals surface area contributed by atoms with Crippen LogP contribution in [0.4, 0.5) is 0 Å². The van der Waals surface area contributed by atoms with Gasteiger partial charge in [-0.15, -0.1) is 0 Å². The average molecular weight is 173 g/mol. The summed E-state index contributed by atoms with van der Waals surface area (Å²) in [7, 11) is 0. The molecule has 0 aromatic carbocycles. The molecule has 2 amide bonds. The standard InChI is InChI=1S/C5H11N5O2/c1-5(2,6)10(4-12)9-8-7-3-11/h3-4H,6H2,1-2H3,(H,7,9,11). The van der Waals surface area contributed by atoms with Crippen LogP contribution in [0.3, 0.4) is 0 Å². The van der Waals surface area contributed by atoms with E-state index < -0.39 is 5.66 Å². The van der Waals surface area contributed by atoms with Crippen LogP contribution in [0.25, 0.3) is 0 Å². The van der Waals surface area contributed by atoms with Crippen molar-refractivity contribution in [2.24, 2.45) is 16.2 Å². The molecule has 0 aromatic heterocycles. The lowest BCUT2D eigenvalue weighted by Crippen LogP contribution is -2.47. The monoisotopic (exact) mass is 173 g/mol. The van der Waals surface area contributed by atoms with Gasteiger partial charge in [-0.2, -0.15) is 5.01 Å². The Bertz CT molecular complexity index is 185. The number of rotatable bonds is 5. The van der Waals surface area contributed by atoms with E-state index in [0.717, 1.165) is 5.01 Å². The van der Waals surface area contributed by atoms with Gasteiger partial charge in [-0.3, -0.25) is 9.59 Å². The third-order valence-electron chi connectivity index (χ3n) is 0.942. The fourth-order valence-electron chi connectivity index (χ4n) is 0.370. The summed E-state index contributed by atoms with van der Waals surface area (Å²) in [6.07, 6.45) is 0.742. The van der Waals surface area contributed by atoms with Gasteiger partial charge in [0.25, 0.3) is 0 Å². The van der Waals surface area contributed by atoms with Gasteiger partial charge in [-0.05, 0) is 24.3 Å². The third-order valence-corrected chi connectivity index (χ3v) is 0.942. The highest BCUT2D eigenvalue weighted by molar-refractivity contribution is 5.47. The predicted molar refractivity (Wildman–Crippen MR) is 40.2 cm³/mol. The Labute approximate surface area is 69.6 Å². The molecule has 0 aromatic rings. The molecule has 3 N–H and O–H groups in total. The third kappa shape index (κ3) is 3.62. The number of nitrogens with two attached hydrogens (primary N) is 1. The van der Waals surface area contributed by atoms with Gasteiger partial charge in [0.15, 0.2) is 0 Å². The van der Waals surface area contributed by atoms with Crippen molar-refractivity contribution < 1.29 is 9.59 Å². The predicted octanol–water partition coefficient (Wildman–Crippen LogP) is -0.832. The minimum atomic E-state index is -0.935. The highest BCUT2D eigenvalue weighted by Crippen LogP contribution is 2.03. The first kappa shape index (κ1) is 10.5. The smallest absolute Gasteiger partial charge is 0.233 e. The summed E-state index contributed by atoms with van der Waals surface area (Å²) < 4.78 is 0. The molecule has 0 heterocycles. The Kier molecular flexibility index (Phi) is 3.84. The summed E-state index contributed by atoms with van der Waals surface area (Å²) in [5.74, 6) is 0. The van der Waals surface area contributed by atoms with E-state index in [1.165, 1.54) is 0 Å². The summed E-state index contributed by atoms with van der Waals surface area (Å²) in [5, 5.41) is 7.35. The normalized spacial score (nSPS) is 11.2. The zero-order chi connectivity index (χ0) is 9.61. The highest BCUT2D eigenvalue weighted by Gasteiger charge is 2.19. The Balaban J connectivity index is 4.17. The van der Waals surface area contributed by atoms with Gasteiger partial charge in [0.1, 0.15) is 5.66 Å². The Morgan fingerprint density at radius 2 is 2.08 bits per heavy atom. The first-order valence-corrected chi connectivity index (χ1v) is 3.15. The van der Waals surface area contributed by atoms with Crippen LogP contribution < -0.4 is 11.2 Å². The number of nitrogens with zero attached hydrogens (tertiary/aromatic N) is 3. The van der Waals surface area contributed by atoms with Crippen molar-refractivity contribution in [2.45, 2.75) is 19.5 Å². The van der Waals surface area contributed by atoms with Crippen LogP contribution in [-0.2, 0) is 9.59 Å². The molecule has 0 radical (unpaired) electrons. The van der Waals surface area contributed by atoms with Gasteiger partial charge in [0.05, 0.1) is 0 Å². The molecule has 0 unspecified atom stereocenters. The lowest BCUT2D eigenvalue weighted by molar-refractivity contribution is -0.123.